The fourth-order valence-electron chi connectivity index (χ4n) is 1.70. The lowest BCUT2D eigenvalue weighted by atomic mass is 10.1. The number of anilines is 1. The molecule has 2 aromatic rings. The fourth-order valence-corrected chi connectivity index (χ4v) is 3.14. The van der Waals surface area contributed by atoms with E-state index in [-0.39, 0.29) is 15.6 Å². The van der Waals surface area contributed by atoms with Crippen molar-refractivity contribution in [1.29, 1.82) is 5.26 Å². The average molecular weight is 325 g/mol. The van der Waals surface area contributed by atoms with E-state index in [9.17, 15) is 12.8 Å². The third kappa shape index (κ3) is 3.32. The van der Waals surface area contributed by atoms with E-state index < -0.39 is 15.8 Å². The van der Waals surface area contributed by atoms with Crippen LogP contribution in [0, 0.1) is 24.1 Å². The SMILES string of the molecule is Cc1cc(S(=O)(=O)Nc2ccc(F)cc2Cl)ccc1C#N. The molecule has 0 heterocycles. The van der Waals surface area contributed by atoms with E-state index in [0.717, 1.165) is 12.1 Å². The van der Waals surface area contributed by atoms with Crippen LogP contribution >= 0.6 is 11.6 Å². The van der Waals surface area contributed by atoms with Gasteiger partial charge in [-0.2, -0.15) is 5.26 Å². The molecule has 0 aliphatic heterocycles. The average Bonchev–Trinajstić information content (AvgIpc) is 2.42. The standard InChI is InChI=1S/C14H10ClFN2O2S/c1-9-6-12(4-2-10(9)8-17)21(19,20)18-14-5-3-11(16)7-13(14)15/h2-7,18H,1H3. The molecule has 1 N–H and O–H groups in total. The Morgan fingerprint density at radius 1 is 1.24 bits per heavy atom. The van der Waals surface area contributed by atoms with Crippen molar-refractivity contribution in [1.82, 2.24) is 0 Å². The highest BCUT2D eigenvalue weighted by molar-refractivity contribution is 7.92. The minimum Gasteiger partial charge on any atom is -0.278 e. The predicted molar refractivity (Wildman–Crippen MR) is 78.1 cm³/mol. The Morgan fingerprint density at radius 2 is 1.95 bits per heavy atom. The van der Waals surface area contributed by atoms with Crippen molar-refractivity contribution >= 4 is 27.3 Å². The van der Waals surface area contributed by atoms with Gasteiger partial charge in [-0.15, -0.1) is 0 Å². The van der Waals surface area contributed by atoms with Crippen molar-refractivity contribution in [3.05, 3.63) is 58.4 Å². The van der Waals surface area contributed by atoms with E-state index >= 15 is 0 Å². The summed E-state index contributed by atoms with van der Waals surface area (Å²) in [5.74, 6) is -0.558. The Morgan fingerprint density at radius 3 is 2.52 bits per heavy atom. The molecule has 0 amide bonds. The van der Waals surface area contributed by atoms with Gasteiger partial charge >= 0.3 is 0 Å². The lowest BCUT2D eigenvalue weighted by Gasteiger charge is -2.10. The summed E-state index contributed by atoms with van der Waals surface area (Å²) in [6, 6.07) is 9.46. The van der Waals surface area contributed by atoms with Gasteiger partial charge in [-0.25, -0.2) is 12.8 Å². The van der Waals surface area contributed by atoms with Crippen LogP contribution < -0.4 is 4.72 Å². The monoisotopic (exact) mass is 324 g/mol. The van der Waals surface area contributed by atoms with E-state index in [1.54, 1.807) is 6.92 Å². The molecule has 0 radical (unpaired) electrons. The molecule has 0 bridgehead atoms. The zero-order chi connectivity index (χ0) is 15.6. The molecule has 0 atom stereocenters. The first-order chi connectivity index (χ1) is 9.83. The third-order valence-electron chi connectivity index (χ3n) is 2.80. The van der Waals surface area contributed by atoms with Gasteiger partial charge in [0.25, 0.3) is 10.0 Å². The van der Waals surface area contributed by atoms with Gasteiger partial charge in [0.05, 0.1) is 27.2 Å². The van der Waals surface area contributed by atoms with E-state index in [1.807, 2.05) is 6.07 Å². The predicted octanol–water partition coefficient (Wildman–Crippen LogP) is 3.46. The van der Waals surface area contributed by atoms with Crippen LogP contribution in [0.15, 0.2) is 41.3 Å². The van der Waals surface area contributed by atoms with Gasteiger partial charge in [0, 0.05) is 0 Å². The molecule has 0 saturated carbocycles. The third-order valence-corrected chi connectivity index (χ3v) is 4.48. The molecule has 2 aromatic carbocycles. The molecule has 2 rings (SSSR count). The van der Waals surface area contributed by atoms with E-state index in [1.165, 1.54) is 24.3 Å². The molecule has 0 saturated heterocycles. The zero-order valence-electron chi connectivity index (χ0n) is 10.9. The molecule has 21 heavy (non-hydrogen) atoms. The molecular weight excluding hydrogens is 315 g/mol. The van der Waals surface area contributed by atoms with Gasteiger partial charge in [0.15, 0.2) is 0 Å². The largest absolute Gasteiger partial charge is 0.278 e. The van der Waals surface area contributed by atoms with Crippen LogP contribution in [0.1, 0.15) is 11.1 Å². The highest BCUT2D eigenvalue weighted by Crippen LogP contribution is 2.25. The van der Waals surface area contributed by atoms with Crippen LogP contribution in [-0.2, 0) is 10.0 Å². The van der Waals surface area contributed by atoms with Gasteiger partial charge in [-0.3, -0.25) is 4.72 Å². The molecule has 4 nitrogen and oxygen atoms in total. The second-order valence-corrected chi connectivity index (χ2v) is 6.41. The van der Waals surface area contributed by atoms with Crippen molar-refractivity contribution < 1.29 is 12.8 Å². The Kier molecular flexibility index (Phi) is 4.16. The number of halogens is 2. The summed E-state index contributed by atoms with van der Waals surface area (Å²) in [4.78, 5) is -0.000563. The number of sulfonamides is 1. The summed E-state index contributed by atoms with van der Waals surface area (Å²) < 4.78 is 39.7. The molecule has 0 fully saturated rings. The molecule has 0 aromatic heterocycles. The van der Waals surface area contributed by atoms with Crippen LogP contribution in [0.25, 0.3) is 0 Å². The van der Waals surface area contributed by atoms with Crippen molar-refractivity contribution in [3.8, 4) is 6.07 Å². The van der Waals surface area contributed by atoms with Gasteiger partial charge < -0.3 is 0 Å². The second kappa shape index (κ2) is 5.72. The number of hydrogen-bond acceptors (Lipinski definition) is 3. The Hall–Kier alpha value is -2.10. The normalized spacial score (nSPS) is 11.0. The van der Waals surface area contributed by atoms with Crippen LogP contribution in [0.3, 0.4) is 0 Å². The highest BCUT2D eigenvalue weighted by Gasteiger charge is 2.17. The first-order valence-electron chi connectivity index (χ1n) is 5.82. The van der Waals surface area contributed by atoms with Crippen molar-refractivity contribution in [2.24, 2.45) is 0 Å². The number of nitrogens with one attached hydrogen (secondary N) is 1. The maximum absolute atomic E-state index is 12.9. The topological polar surface area (TPSA) is 70.0 Å². The minimum absolute atomic E-state index is 0.000563. The van der Waals surface area contributed by atoms with Crippen LogP contribution in [0.4, 0.5) is 10.1 Å². The van der Waals surface area contributed by atoms with Gasteiger partial charge in [-0.1, -0.05) is 11.6 Å². The fraction of sp³-hybridized carbons (Fsp3) is 0.0714. The summed E-state index contributed by atoms with van der Waals surface area (Å²) in [7, 11) is -3.86. The van der Waals surface area contributed by atoms with E-state index in [2.05, 4.69) is 4.72 Å². The van der Waals surface area contributed by atoms with E-state index in [4.69, 9.17) is 16.9 Å². The molecule has 0 aliphatic rings. The number of rotatable bonds is 3. The Labute approximate surface area is 126 Å². The zero-order valence-corrected chi connectivity index (χ0v) is 12.5. The number of aryl methyl sites for hydroxylation is 1. The number of hydrogen-bond donors (Lipinski definition) is 1. The summed E-state index contributed by atoms with van der Waals surface area (Å²) in [5, 5.41) is 8.80. The van der Waals surface area contributed by atoms with Crippen molar-refractivity contribution in [2.45, 2.75) is 11.8 Å². The molecular formula is C14H10ClFN2O2S. The summed E-state index contributed by atoms with van der Waals surface area (Å²) in [6.07, 6.45) is 0. The summed E-state index contributed by atoms with van der Waals surface area (Å²) in [5.41, 5.74) is 1.03. The number of nitrogens with zero attached hydrogens (tertiary/aromatic N) is 1. The van der Waals surface area contributed by atoms with E-state index in [0.29, 0.717) is 11.1 Å². The highest BCUT2D eigenvalue weighted by atomic mass is 35.5. The van der Waals surface area contributed by atoms with Crippen LogP contribution in [0.5, 0.6) is 0 Å². The lowest BCUT2D eigenvalue weighted by molar-refractivity contribution is 0.601. The number of benzene rings is 2. The molecule has 0 unspecified atom stereocenters. The van der Waals surface area contributed by atoms with Crippen molar-refractivity contribution in [3.63, 3.8) is 0 Å². The minimum atomic E-state index is -3.86. The molecule has 108 valence electrons. The maximum Gasteiger partial charge on any atom is 0.261 e. The van der Waals surface area contributed by atoms with Crippen LogP contribution in [-0.4, -0.2) is 8.42 Å². The lowest BCUT2D eigenvalue weighted by Crippen LogP contribution is -2.13. The quantitative estimate of drug-likeness (QED) is 0.940. The summed E-state index contributed by atoms with van der Waals surface area (Å²) >= 11 is 5.79. The number of nitriles is 1. The maximum atomic E-state index is 12.9. The van der Waals surface area contributed by atoms with Gasteiger partial charge in [0.1, 0.15) is 5.82 Å². The van der Waals surface area contributed by atoms with Gasteiger partial charge in [0.2, 0.25) is 0 Å². The van der Waals surface area contributed by atoms with Crippen molar-refractivity contribution in [2.75, 3.05) is 4.72 Å². The first-order valence-corrected chi connectivity index (χ1v) is 7.68. The van der Waals surface area contributed by atoms with Crippen LogP contribution in [0.2, 0.25) is 5.02 Å². The molecule has 7 heteroatoms. The van der Waals surface area contributed by atoms with Gasteiger partial charge in [-0.05, 0) is 48.9 Å². The molecule has 0 aliphatic carbocycles. The summed E-state index contributed by atoms with van der Waals surface area (Å²) in [6.45, 7) is 1.64. The smallest absolute Gasteiger partial charge is 0.261 e. The second-order valence-electron chi connectivity index (χ2n) is 4.32. The Balaban J connectivity index is 2.39. The molecule has 0 spiro atoms. The first kappa shape index (κ1) is 15.3. The Bertz CT molecular complexity index is 845.